The van der Waals surface area contributed by atoms with Gasteiger partial charge in [-0.3, -0.25) is 4.79 Å². The van der Waals surface area contributed by atoms with Crippen LogP contribution in [0.3, 0.4) is 0 Å². The molecule has 1 amide bonds. The Labute approximate surface area is 137 Å². The molecule has 4 nitrogen and oxygen atoms in total. The van der Waals surface area contributed by atoms with Crippen LogP contribution < -0.4 is 10.6 Å². The van der Waals surface area contributed by atoms with Gasteiger partial charge in [-0.25, -0.2) is 4.98 Å². The van der Waals surface area contributed by atoms with Crippen LogP contribution in [-0.2, 0) is 11.2 Å². The van der Waals surface area contributed by atoms with E-state index < -0.39 is 0 Å². The molecule has 0 saturated carbocycles. The van der Waals surface area contributed by atoms with Crippen molar-refractivity contribution in [1.82, 2.24) is 15.6 Å². The van der Waals surface area contributed by atoms with Crippen LogP contribution in [0.1, 0.15) is 43.3 Å². The second kappa shape index (κ2) is 9.55. The molecule has 1 aromatic heterocycles. The molecule has 1 unspecified atom stereocenters. The molecule has 2 rings (SSSR count). The second-order valence-electron chi connectivity index (χ2n) is 5.02. The van der Waals surface area contributed by atoms with Gasteiger partial charge in [-0.2, -0.15) is 0 Å². The van der Waals surface area contributed by atoms with Crippen molar-refractivity contribution in [2.24, 2.45) is 0 Å². The first-order valence-electron chi connectivity index (χ1n) is 6.62. The monoisotopic (exact) mass is 339 g/mol. The highest BCUT2D eigenvalue weighted by atomic mass is 35.5. The van der Waals surface area contributed by atoms with E-state index in [4.69, 9.17) is 0 Å². The normalized spacial score (nSPS) is 17.4. The largest absolute Gasteiger partial charge is 0.354 e. The molecule has 1 saturated heterocycles. The van der Waals surface area contributed by atoms with Crippen molar-refractivity contribution in [1.29, 1.82) is 0 Å². The summed E-state index contributed by atoms with van der Waals surface area (Å²) in [4.78, 5) is 16.3. The van der Waals surface area contributed by atoms with Gasteiger partial charge in [0.25, 0.3) is 0 Å². The zero-order chi connectivity index (χ0) is 13.0. The first-order chi connectivity index (χ1) is 8.66. The third-order valence-corrected chi connectivity index (χ3v) is 4.31. The minimum absolute atomic E-state index is 0. The second-order valence-corrected chi connectivity index (χ2v) is 5.91. The first-order valence-corrected chi connectivity index (χ1v) is 7.50. The molecule has 0 spiro atoms. The Balaban J connectivity index is 0.00000180. The number of carbonyl (C=O) groups is 1. The summed E-state index contributed by atoms with van der Waals surface area (Å²) in [7, 11) is 0. The molecule has 1 atom stereocenters. The van der Waals surface area contributed by atoms with Gasteiger partial charge in [0, 0.05) is 24.3 Å². The molecule has 0 bridgehead atoms. The molecule has 2 heterocycles. The number of hydrogen-bond acceptors (Lipinski definition) is 4. The minimum atomic E-state index is 0. The Morgan fingerprint density at radius 2 is 2.30 bits per heavy atom. The predicted molar refractivity (Wildman–Crippen MR) is 88.4 cm³/mol. The Morgan fingerprint density at radius 1 is 1.55 bits per heavy atom. The maximum absolute atomic E-state index is 11.8. The zero-order valence-electron chi connectivity index (χ0n) is 11.8. The van der Waals surface area contributed by atoms with Gasteiger partial charge in [-0.05, 0) is 19.4 Å². The van der Waals surface area contributed by atoms with Crippen molar-refractivity contribution >= 4 is 42.1 Å². The standard InChI is InChI=1S/C13H21N3OS.2ClH/c1-9(2)13-16-10(8-18-13)5-7-15-12(17)11-4-3-6-14-11;;/h8-9,11,14H,3-7H2,1-2H3,(H,15,17);2*1H. The highest BCUT2D eigenvalue weighted by Crippen LogP contribution is 2.19. The number of nitrogens with one attached hydrogen (secondary N) is 2. The summed E-state index contributed by atoms with van der Waals surface area (Å²) in [6.45, 7) is 5.94. The van der Waals surface area contributed by atoms with Crippen LogP contribution in [0.4, 0.5) is 0 Å². The Hall–Kier alpha value is -0.360. The summed E-state index contributed by atoms with van der Waals surface area (Å²) in [5.41, 5.74) is 1.09. The van der Waals surface area contributed by atoms with E-state index in [1.165, 1.54) is 5.01 Å². The fourth-order valence-electron chi connectivity index (χ4n) is 2.05. The van der Waals surface area contributed by atoms with Crippen LogP contribution >= 0.6 is 36.2 Å². The van der Waals surface area contributed by atoms with Gasteiger partial charge in [0.05, 0.1) is 16.7 Å². The van der Waals surface area contributed by atoms with Gasteiger partial charge in [0.2, 0.25) is 5.91 Å². The van der Waals surface area contributed by atoms with E-state index in [9.17, 15) is 4.79 Å². The summed E-state index contributed by atoms with van der Waals surface area (Å²) in [5.74, 6) is 0.618. The van der Waals surface area contributed by atoms with E-state index in [-0.39, 0.29) is 36.8 Å². The van der Waals surface area contributed by atoms with Crippen molar-refractivity contribution in [3.8, 4) is 0 Å². The lowest BCUT2D eigenvalue weighted by Crippen LogP contribution is -2.41. The number of nitrogens with zero attached hydrogens (tertiary/aromatic N) is 1. The Bertz CT molecular complexity index is 406. The first kappa shape index (κ1) is 19.6. The van der Waals surface area contributed by atoms with Crippen molar-refractivity contribution < 1.29 is 4.79 Å². The molecule has 1 fully saturated rings. The van der Waals surface area contributed by atoms with Crippen LogP contribution in [-0.4, -0.2) is 30.0 Å². The Kier molecular flexibility index (Phi) is 9.38. The quantitative estimate of drug-likeness (QED) is 0.866. The summed E-state index contributed by atoms with van der Waals surface area (Å²) in [6, 6.07) is 0.0201. The van der Waals surface area contributed by atoms with Crippen molar-refractivity contribution in [3.63, 3.8) is 0 Å². The highest BCUT2D eigenvalue weighted by molar-refractivity contribution is 7.09. The summed E-state index contributed by atoms with van der Waals surface area (Å²) in [6.07, 6.45) is 2.88. The van der Waals surface area contributed by atoms with Crippen molar-refractivity contribution in [2.45, 2.75) is 45.1 Å². The Morgan fingerprint density at radius 3 is 2.85 bits per heavy atom. The smallest absolute Gasteiger partial charge is 0.237 e. The van der Waals surface area contributed by atoms with E-state index in [0.29, 0.717) is 12.5 Å². The molecule has 2 N–H and O–H groups in total. The number of amides is 1. The average molecular weight is 340 g/mol. The van der Waals surface area contributed by atoms with Crippen LogP contribution in [0.5, 0.6) is 0 Å². The average Bonchev–Trinajstić information content (AvgIpc) is 3.00. The van der Waals surface area contributed by atoms with E-state index in [2.05, 4.69) is 34.8 Å². The maximum atomic E-state index is 11.8. The molecular formula is C13H23Cl2N3OS. The predicted octanol–water partition coefficient (Wildman–Crippen LogP) is 2.52. The summed E-state index contributed by atoms with van der Waals surface area (Å²) in [5, 5.41) is 9.44. The number of hydrogen-bond donors (Lipinski definition) is 2. The number of aromatic nitrogens is 1. The molecular weight excluding hydrogens is 317 g/mol. The van der Waals surface area contributed by atoms with Crippen LogP contribution in [0.15, 0.2) is 5.38 Å². The minimum Gasteiger partial charge on any atom is -0.354 e. The van der Waals surface area contributed by atoms with Crippen LogP contribution in [0.25, 0.3) is 0 Å². The number of carbonyl (C=O) groups excluding carboxylic acids is 1. The topological polar surface area (TPSA) is 54.0 Å². The molecule has 1 aromatic rings. The van der Waals surface area contributed by atoms with E-state index in [0.717, 1.165) is 31.5 Å². The molecule has 0 radical (unpaired) electrons. The number of rotatable bonds is 5. The third kappa shape index (κ3) is 5.56. The summed E-state index contributed by atoms with van der Waals surface area (Å²) < 4.78 is 0. The fourth-order valence-corrected chi connectivity index (χ4v) is 2.92. The molecule has 1 aliphatic rings. The van der Waals surface area contributed by atoms with Crippen LogP contribution in [0, 0.1) is 0 Å². The fraction of sp³-hybridized carbons (Fsp3) is 0.692. The molecule has 116 valence electrons. The van der Waals surface area contributed by atoms with Gasteiger partial charge in [-0.15, -0.1) is 36.2 Å². The van der Waals surface area contributed by atoms with Crippen molar-refractivity contribution in [2.75, 3.05) is 13.1 Å². The third-order valence-electron chi connectivity index (χ3n) is 3.12. The summed E-state index contributed by atoms with van der Waals surface area (Å²) >= 11 is 1.71. The molecule has 7 heteroatoms. The molecule has 0 aliphatic carbocycles. The van der Waals surface area contributed by atoms with Crippen LogP contribution in [0.2, 0.25) is 0 Å². The van der Waals surface area contributed by atoms with Crippen molar-refractivity contribution in [3.05, 3.63) is 16.1 Å². The lowest BCUT2D eigenvalue weighted by Gasteiger charge is -2.10. The molecule has 20 heavy (non-hydrogen) atoms. The van der Waals surface area contributed by atoms with Gasteiger partial charge < -0.3 is 10.6 Å². The van der Waals surface area contributed by atoms with Gasteiger partial charge >= 0.3 is 0 Å². The van der Waals surface area contributed by atoms with Gasteiger partial charge in [0.1, 0.15) is 0 Å². The molecule has 0 aromatic carbocycles. The maximum Gasteiger partial charge on any atom is 0.237 e. The zero-order valence-corrected chi connectivity index (χ0v) is 14.3. The SMILES string of the molecule is CC(C)c1nc(CCNC(=O)C2CCCN2)cs1.Cl.Cl. The van der Waals surface area contributed by atoms with E-state index in [1.807, 2.05) is 0 Å². The lowest BCUT2D eigenvalue weighted by atomic mass is 10.2. The molecule has 1 aliphatic heterocycles. The highest BCUT2D eigenvalue weighted by Gasteiger charge is 2.21. The van der Waals surface area contributed by atoms with E-state index >= 15 is 0 Å². The van der Waals surface area contributed by atoms with Gasteiger partial charge in [-0.1, -0.05) is 13.8 Å². The number of thiazole rings is 1. The lowest BCUT2D eigenvalue weighted by molar-refractivity contribution is -0.122. The number of halogens is 2. The van der Waals surface area contributed by atoms with Gasteiger partial charge in [0.15, 0.2) is 0 Å². The van der Waals surface area contributed by atoms with E-state index in [1.54, 1.807) is 11.3 Å².